The molecule has 0 aliphatic carbocycles. The van der Waals surface area contributed by atoms with Crippen LogP contribution in [0.3, 0.4) is 0 Å². The van der Waals surface area contributed by atoms with E-state index in [9.17, 15) is 0 Å². The van der Waals surface area contributed by atoms with Crippen LogP contribution >= 0.6 is 0 Å². The van der Waals surface area contributed by atoms with E-state index in [4.69, 9.17) is 9.47 Å². The molecule has 0 saturated carbocycles. The van der Waals surface area contributed by atoms with Crippen LogP contribution in [0, 0.1) is 0 Å². The lowest BCUT2D eigenvalue weighted by Crippen LogP contribution is -2.02. The van der Waals surface area contributed by atoms with Gasteiger partial charge in [-0.1, -0.05) is 42.5 Å². The molecule has 2 nitrogen and oxygen atoms in total. The van der Waals surface area contributed by atoms with Gasteiger partial charge < -0.3 is 9.47 Å². The van der Waals surface area contributed by atoms with Crippen LogP contribution in [0.15, 0.2) is 72.8 Å². The normalized spacial score (nSPS) is 13.1. The Hall–Kier alpha value is -3.52. The average Bonchev–Trinajstić information content (AvgIpc) is 2.73. The van der Waals surface area contributed by atoms with Gasteiger partial charge in [0.05, 0.1) is 7.11 Å². The van der Waals surface area contributed by atoms with E-state index in [-0.39, 0.29) is 0 Å². The van der Waals surface area contributed by atoms with Gasteiger partial charge in [-0.15, -0.1) is 0 Å². The molecule has 0 atom stereocenters. The van der Waals surface area contributed by atoms with Crippen molar-refractivity contribution in [2.75, 3.05) is 7.11 Å². The second-order valence-corrected chi connectivity index (χ2v) is 6.99. The Morgan fingerprint density at radius 3 is 2.26 bits per heavy atom. The van der Waals surface area contributed by atoms with E-state index >= 15 is 0 Å². The lowest BCUT2D eigenvalue weighted by Gasteiger charge is -2.22. The van der Waals surface area contributed by atoms with Gasteiger partial charge in [0, 0.05) is 16.3 Å². The smallest absolute Gasteiger partial charge is 0.136 e. The van der Waals surface area contributed by atoms with Gasteiger partial charge in [0.15, 0.2) is 0 Å². The van der Waals surface area contributed by atoms with Gasteiger partial charge in [0.25, 0.3) is 0 Å². The highest BCUT2D eigenvalue weighted by Crippen LogP contribution is 2.45. The topological polar surface area (TPSA) is 18.5 Å². The summed E-state index contributed by atoms with van der Waals surface area (Å²) in [6, 6.07) is 25.4. The highest BCUT2D eigenvalue weighted by Gasteiger charge is 2.20. The number of methoxy groups -OCH3 is 1. The largest absolute Gasteiger partial charge is 0.497 e. The van der Waals surface area contributed by atoms with Crippen LogP contribution in [-0.2, 0) is 0 Å². The molecule has 1 heterocycles. The second kappa shape index (κ2) is 5.24. The summed E-state index contributed by atoms with van der Waals surface area (Å²) in [5.74, 6) is 2.63. The van der Waals surface area contributed by atoms with Gasteiger partial charge in [-0.05, 0) is 63.5 Å². The predicted octanol–water partition coefficient (Wildman–Crippen LogP) is 6.48. The van der Waals surface area contributed by atoms with Crippen molar-refractivity contribution in [1.29, 1.82) is 0 Å². The zero-order valence-electron chi connectivity index (χ0n) is 14.8. The molecule has 0 fully saturated rings. The molecular weight excluding hydrogens is 332 g/mol. The van der Waals surface area contributed by atoms with Crippen LogP contribution in [0.2, 0.25) is 0 Å². The van der Waals surface area contributed by atoms with E-state index in [0.29, 0.717) is 0 Å². The first-order chi connectivity index (χ1) is 13.3. The van der Waals surface area contributed by atoms with E-state index in [1.165, 1.54) is 37.9 Å². The summed E-state index contributed by atoms with van der Waals surface area (Å²) in [7, 11) is 1.68. The standard InChI is InChI=1S/C25H16O2/c1-26-20-11-9-15(10-12-20)21-13-19-8-7-17-6-5-16-3-2-4-18-14-22(27-21)24(19)25(17)23(16)18/h2-14H,1H3. The Labute approximate surface area is 156 Å². The summed E-state index contributed by atoms with van der Waals surface area (Å²) in [6.07, 6.45) is 2.14. The zero-order valence-corrected chi connectivity index (χ0v) is 14.8. The third kappa shape index (κ3) is 2.01. The molecule has 0 unspecified atom stereocenters. The minimum Gasteiger partial charge on any atom is -0.497 e. The van der Waals surface area contributed by atoms with Crippen molar-refractivity contribution < 1.29 is 9.47 Å². The zero-order chi connectivity index (χ0) is 18.0. The maximum absolute atomic E-state index is 6.39. The third-order valence-electron chi connectivity index (χ3n) is 5.51. The summed E-state index contributed by atoms with van der Waals surface area (Å²) < 4.78 is 11.7. The fraction of sp³-hybridized carbons (Fsp3) is 0.0400. The molecule has 1 aliphatic rings. The molecule has 0 saturated heterocycles. The quantitative estimate of drug-likeness (QED) is 0.340. The van der Waals surface area contributed by atoms with Gasteiger partial charge in [-0.25, -0.2) is 0 Å². The minimum absolute atomic E-state index is 0.842. The summed E-state index contributed by atoms with van der Waals surface area (Å²) in [5.41, 5.74) is 2.24. The molecule has 27 heavy (non-hydrogen) atoms. The van der Waals surface area contributed by atoms with Gasteiger partial charge in [-0.3, -0.25) is 0 Å². The van der Waals surface area contributed by atoms with Crippen LogP contribution in [-0.4, -0.2) is 7.11 Å². The molecule has 0 aromatic heterocycles. The number of hydrogen-bond donors (Lipinski definition) is 0. The Balaban J connectivity index is 1.66. The molecule has 5 aromatic rings. The fourth-order valence-corrected chi connectivity index (χ4v) is 4.23. The second-order valence-electron chi connectivity index (χ2n) is 6.99. The molecule has 0 amide bonds. The van der Waals surface area contributed by atoms with E-state index in [0.717, 1.165) is 22.8 Å². The van der Waals surface area contributed by atoms with Crippen LogP contribution in [0.5, 0.6) is 11.5 Å². The summed E-state index contributed by atoms with van der Waals surface area (Å²) in [6.45, 7) is 0. The molecule has 0 spiro atoms. The first-order valence-corrected chi connectivity index (χ1v) is 9.06. The van der Waals surface area contributed by atoms with Crippen molar-refractivity contribution in [1.82, 2.24) is 0 Å². The SMILES string of the molecule is COc1ccc(C2=Cc3ccc4ccc5cccc6cc(c3c4c56)O2)cc1. The van der Waals surface area contributed by atoms with E-state index in [1.54, 1.807) is 7.11 Å². The van der Waals surface area contributed by atoms with Crippen molar-refractivity contribution >= 4 is 44.2 Å². The number of hydrogen-bond acceptors (Lipinski definition) is 2. The van der Waals surface area contributed by atoms with E-state index in [1.807, 2.05) is 24.3 Å². The van der Waals surface area contributed by atoms with Crippen molar-refractivity contribution in [3.05, 3.63) is 83.9 Å². The molecule has 2 heteroatoms. The molecule has 5 aromatic carbocycles. The van der Waals surface area contributed by atoms with Crippen LogP contribution < -0.4 is 9.47 Å². The van der Waals surface area contributed by atoms with Crippen LogP contribution in [0.25, 0.3) is 44.2 Å². The molecule has 1 aliphatic heterocycles. The lowest BCUT2D eigenvalue weighted by molar-refractivity contribution is 0.414. The summed E-state index contributed by atoms with van der Waals surface area (Å²) in [4.78, 5) is 0. The monoisotopic (exact) mass is 348 g/mol. The van der Waals surface area contributed by atoms with Crippen molar-refractivity contribution in [3.63, 3.8) is 0 Å². The van der Waals surface area contributed by atoms with E-state index < -0.39 is 0 Å². The summed E-state index contributed by atoms with van der Waals surface area (Å²) >= 11 is 0. The summed E-state index contributed by atoms with van der Waals surface area (Å²) in [5, 5.41) is 7.56. The predicted molar refractivity (Wildman–Crippen MR) is 112 cm³/mol. The van der Waals surface area contributed by atoms with Gasteiger partial charge in [0.2, 0.25) is 0 Å². The number of rotatable bonds is 2. The highest BCUT2D eigenvalue weighted by atomic mass is 16.5. The Morgan fingerprint density at radius 2 is 1.44 bits per heavy atom. The van der Waals surface area contributed by atoms with Crippen molar-refractivity contribution in [3.8, 4) is 11.5 Å². The number of ether oxygens (including phenoxy) is 2. The molecule has 0 radical (unpaired) electrons. The van der Waals surface area contributed by atoms with Gasteiger partial charge in [0.1, 0.15) is 17.3 Å². The molecule has 128 valence electrons. The van der Waals surface area contributed by atoms with Crippen LogP contribution in [0.4, 0.5) is 0 Å². The molecule has 0 N–H and O–H groups in total. The Bertz CT molecular complexity index is 1360. The Morgan fingerprint density at radius 1 is 0.704 bits per heavy atom. The van der Waals surface area contributed by atoms with Crippen LogP contribution in [0.1, 0.15) is 11.1 Å². The van der Waals surface area contributed by atoms with Gasteiger partial charge in [-0.2, -0.15) is 0 Å². The third-order valence-corrected chi connectivity index (χ3v) is 5.51. The van der Waals surface area contributed by atoms with E-state index in [2.05, 4.69) is 54.6 Å². The van der Waals surface area contributed by atoms with Crippen molar-refractivity contribution in [2.24, 2.45) is 0 Å². The highest BCUT2D eigenvalue weighted by molar-refractivity contribution is 6.26. The Kier molecular flexibility index (Phi) is 2.84. The van der Waals surface area contributed by atoms with Gasteiger partial charge >= 0.3 is 0 Å². The average molecular weight is 348 g/mol. The van der Waals surface area contributed by atoms with Crippen molar-refractivity contribution in [2.45, 2.75) is 0 Å². The number of benzene rings is 5. The molecule has 6 rings (SSSR count). The maximum Gasteiger partial charge on any atom is 0.136 e. The lowest BCUT2D eigenvalue weighted by atomic mass is 9.90. The maximum atomic E-state index is 6.39. The molecular formula is C25H16O2. The molecule has 0 bridgehead atoms. The first kappa shape index (κ1) is 14.6. The first-order valence-electron chi connectivity index (χ1n) is 9.06. The minimum atomic E-state index is 0.842. The fourth-order valence-electron chi connectivity index (χ4n) is 4.23.